The van der Waals surface area contributed by atoms with Crippen LogP contribution in [0.5, 0.6) is 0 Å². The molecule has 0 aliphatic rings. The van der Waals surface area contributed by atoms with E-state index in [9.17, 15) is 4.39 Å². The second-order valence-electron chi connectivity index (χ2n) is 3.33. The number of halogens is 1. The van der Waals surface area contributed by atoms with Crippen LogP contribution in [0.1, 0.15) is 23.5 Å². The van der Waals surface area contributed by atoms with Crippen molar-refractivity contribution in [2.24, 2.45) is 7.05 Å². The lowest BCUT2D eigenvalue weighted by Crippen LogP contribution is -2.31. The molecule has 2 rings (SSSR count). The molecule has 0 radical (unpaired) electrons. The fraction of sp³-hybridized carbons (Fsp3) is 0.214. The summed E-state index contributed by atoms with van der Waals surface area (Å²) in [4.78, 5) is 0. The Bertz CT molecular complexity index is 831. The van der Waals surface area contributed by atoms with E-state index in [-0.39, 0.29) is 16.8 Å². The van der Waals surface area contributed by atoms with Gasteiger partial charge in [0.2, 0.25) is 11.9 Å². The average molecular weight is 225 g/mol. The Kier molecular flexibility index (Phi) is 1.08. The summed E-state index contributed by atoms with van der Waals surface area (Å²) in [6.45, 7) is -1.40. The minimum absolute atomic E-state index is 0.0154. The first kappa shape index (κ1) is 4.28. The van der Waals surface area contributed by atoms with E-state index in [1.54, 1.807) is 0 Å². The van der Waals surface area contributed by atoms with Gasteiger partial charge in [-0.25, -0.2) is 4.39 Å². The predicted octanol–water partition coefficient (Wildman–Crippen LogP) is 2.93. The number of hydrogen-bond acceptors (Lipinski definition) is 0. The van der Waals surface area contributed by atoms with Crippen LogP contribution in [0.15, 0.2) is 36.4 Å². The largest absolute Gasteiger partial charge is 0.212 e. The molecule has 1 heterocycles. The SMILES string of the molecule is [2H]c1c([2H])c(-c2c([2H])c([2H])c(C([2H])([2H])[2H])c([2H])c2C)[n+](C)c([2H])c1F. The first-order chi connectivity index (χ1) is 11.3. The molecule has 0 spiro atoms. The van der Waals surface area contributed by atoms with Crippen LogP contribution in [-0.4, -0.2) is 0 Å². The van der Waals surface area contributed by atoms with Crippen LogP contribution in [0.3, 0.4) is 0 Å². The maximum Gasteiger partial charge on any atom is 0.212 e. The van der Waals surface area contributed by atoms with E-state index in [4.69, 9.17) is 12.3 Å². The number of benzene rings is 1. The molecule has 2 heteroatoms. The fourth-order valence-electron chi connectivity index (χ4n) is 1.40. The van der Waals surface area contributed by atoms with Crippen LogP contribution in [-0.2, 0) is 7.05 Å². The van der Waals surface area contributed by atoms with Crippen LogP contribution in [0.2, 0.25) is 0 Å². The van der Waals surface area contributed by atoms with Gasteiger partial charge >= 0.3 is 0 Å². The molecule has 0 bridgehead atoms. The van der Waals surface area contributed by atoms with E-state index in [1.807, 2.05) is 0 Å². The number of nitrogens with zero attached hydrogens (tertiary/aromatic N) is 1. The Hall–Kier alpha value is -1.70. The molecule has 0 N–H and O–H groups in total. The number of hydrogen-bond donors (Lipinski definition) is 0. The Balaban J connectivity index is 3.03. The van der Waals surface area contributed by atoms with Crippen molar-refractivity contribution in [1.29, 1.82) is 0 Å². The molecule has 0 unspecified atom stereocenters. The molecule has 0 atom stereocenters. The second kappa shape index (κ2) is 4.05. The van der Waals surface area contributed by atoms with Crippen molar-refractivity contribution in [3.63, 3.8) is 0 Å². The zero-order valence-electron chi connectivity index (χ0n) is 17.8. The van der Waals surface area contributed by atoms with E-state index in [0.717, 1.165) is 4.57 Å². The highest BCUT2D eigenvalue weighted by Gasteiger charge is 2.12. The third-order valence-corrected chi connectivity index (χ3v) is 2.13. The van der Waals surface area contributed by atoms with Gasteiger partial charge in [0.15, 0.2) is 5.82 Å². The van der Waals surface area contributed by atoms with Gasteiger partial charge < -0.3 is 0 Å². The summed E-state index contributed by atoms with van der Waals surface area (Å²) in [6.07, 6.45) is -0.687. The van der Waals surface area contributed by atoms with E-state index < -0.39 is 54.6 Å². The van der Waals surface area contributed by atoms with Crippen LogP contribution >= 0.6 is 0 Å². The van der Waals surface area contributed by atoms with Gasteiger partial charge in [-0.05, 0) is 31.4 Å². The third kappa shape index (κ3) is 1.96. The topological polar surface area (TPSA) is 3.88 Å². The second-order valence-corrected chi connectivity index (χ2v) is 3.33. The Morgan fingerprint density at radius 2 is 2.12 bits per heavy atom. The molecular weight excluding hydrogens is 201 g/mol. The summed E-state index contributed by atoms with van der Waals surface area (Å²) in [5.74, 6) is -1.20. The van der Waals surface area contributed by atoms with E-state index in [0.29, 0.717) is 0 Å². The van der Waals surface area contributed by atoms with Gasteiger partial charge in [-0.2, -0.15) is 4.57 Å². The lowest BCUT2D eigenvalue weighted by molar-refractivity contribution is -0.661. The zero-order chi connectivity index (χ0) is 19.4. The summed E-state index contributed by atoms with van der Waals surface area (Å²) in [7, 11) is 1.27. The highest BCUT2D eigenvalue weighted by molar-refractivity contribution is 5.61. The molecule has 0 amide bonds. The van der Waals surface area contributed by atoms with Gasteiger partial charge in [-0.15, -0.1) is 0 Å². The maximum absolute atomic E-state index is 13.8. The summed E-state index contributed by atoms with van der Waals surface area (Å²) in [5, 5.41) is 0. The fourth-order valence-corrected chi connectivity index (χ4v) is 1.40. The zero-order valence-corrected chi connectivity index (χ0v) is 8.83. The van der Waals surface area contributed by atoms with Crippen LogP contribution in [0.25, 0.3) is 11.3 Å². The van der Waals surface area contributed by atoms with Crippen LogP contribution in [0, 0.1) is 19.6 Å². The van der Waals surface area contributed by atoms with Crippen molar-refractivity contribution in [2.45, 2.75) is 13.8 Å². The van der Waals surface area contributed by atoms with Gasteiger partial charge in [0, 0.05) is 15.7 Å². The first-order valence-corrected chi connectivity index (χ1v) is 4.58. The lowest BCUT2D eigenvalue weighted by Gasteiger charge is -2.05. The van der Waals surface area contributed by atoms with Gasteiger partial charge in [-0.3, -0.25) is 0 Å². The van der Waals surface area contributed by atoms with Crippen molar-refractivity contribution in [3.8, 4) is 11.3 Å². The van der Waals surface area contributed by atoms with Crippen molar-refractivity contribution < 1.29 is 21.3 Å². The number of rotatable bonds is 1. The summed E-state index contributed by atoms with van der Waals surface area (Å²) in [5.41, 5.74) is -0.871. The highest BCUT2D eigenvalue weighted by atomic mass is 19.1. The predicted molar refractivity (Wildman–Crippen MR) is 62.5 cm³/mol. The molecule has 1 nitrogen and oxygen atoms in total. The number of aromatic nitrogens is 1. The van der Waals surface area contributed by atoms with Crippen molar-refractivity contribution in [1.82, 2.24) is 0 Å². The minimum Gasteiger partial charge on any atom is -0.200 e. The standard InChI is InChI=1S/C14H15FN/c1-10-4-6-13(11(2)8-10)14-7-5-12(15)9-16(14)3/h4-9H,1-3H3/q+1/i1D3,4D,5D,6D,7D,8D,9D. The average Bonchev–Trinajstić information content (AvgIpc) is 2.51. The highest BCUT2D eigenvalue weighted by Crippen LogP contribution is 2.21. The molecule has 1 aromatic carbocycles. The van der Waals surface area contributed by atoms with E-state index in [1.165, 1.54) is 14.0 Å². The number of pyridine rings is 1. The molecular formula is C14H15FN+. The normalized spacial score (nSPS) is 19.3. The molecule has 0 aliphatic heterocycles. The monoisotopic (exact) mass is 225 g/mol. The molecule has 82 valence electrons. The molecule has 0 saturated heterocycles. The van der Waals surface area contributed by atoms with Crippen molar-refractivity contribution in [3.05, 3.63) is 53.3 Å². The minimum atomic E-state index is -2.76. The van der Waals surface area contributed by atoms with Crippen molar-refractivity contribution >= 4 is 0 Å². The maximum atomic E-state index is 13.8. The van der Waals surface area contributed by atoms with Gasteiger partial charge in [0.25, 0.3) is 0 Å². The molecule has 0 aliphatic carbocycles. The summed E-state index contributed by atoms with van der Waals surface area (Å²) >= 11 is 0. The Morgan fingerprint density at radius 1 is 1.31 bits per heavy atom. The van der Waals surface area contributed by atoms with Crippen molar-refractivity contribution in [2.75, 3.05) is 0 Å². The Morgan fingerprint density at radius 3 is 2.88 bits per heavy atom. The molecule has 16 heavy (non-hydrogen) atoms. The molecule has 1 aromatic heterocycles. The Labute approximate surface area is 108 Å². The van der Waals surface area contributed by atoms with Crippen LogP contribution < -0.4 is 4.57 Å². The molecule has 0 saturated carbocycles. The van der Waals surface area contributed by atoms with Crippen LogP contribution in [0.4, 0.5) is 4.39 Å². The van der Waals surface area contributed by atoms with E-state index >= 15 is 0 Å². The quantitative estimate of drug-likeness (QED) is 0.657. The van der Waals surface area contributed by atoms with Gasteiger partial charge in [-0.1, -0.05) is 17.6 Å². The van der Waals surface area contributed by atoms with Gasteiger partial charge in [0.1, 0.15) is 8.42 Å². The van der Waals surface area contributed by atoms with Gasteiger partial charge in [0.05, 0.1) is 6.85 Å². The molecule has 2 aromatic rings. The summed E-state index contributed by atoms with van der Waals surface area (Å²) in [6, 6.07) is -3.15. The summed E-state index contributed by atoms with van der Waals surface area (Å²) < 4.78 is 84.6. The lowest BCUT2D eigenvalue weighted by atomic mass is 10.0. The smallest absolute Gasteiger partial charge is 0.200 e. The first-order valence-electron chi connectivity index (χ1n) is 9.08. The third-order valence-electron chi connectivity index (χ3n) is 2.13. The molecule has 0 fully saturated rings. The van der Waals surface area contributed by atoms with E-state index in [2.05, 4.69) is 0 Å².